The fourth-order valence-electron chi connectivity index (χ4n) is 1.84. The van der Waals surface area contributed by atoms with Crippen molar-refractivity contribution < 1.29 is 4.79 Å². The highest BCUT2D eigenvalue weighted by Gasteiger charge is 2.07. The number of hydrogen-bond donors (Lipinski definition) is 2. The number of pyridine rings is 1. The molecule has 0 spiro atoms. The number of anilines is 1. The van der Waals surface area contributed by atoms with Gasteiger partial charge in [-0.15, -0.1) is 0 Å². The summed E-state index contributed by atoms with van der Waals surface area (Å²) in [4.78, 5) is 15.0. The van der Waals surface area contributed by atoms with Crippen LogP contribution in [0.2, 0.25) is 0 Å². The van der Waals surface area contributed by atoms with E-state index in [9.17, 15) is 4.79 Å². The molecule has 4 heteroatoms. The Hall–Kier alpha value is -2.36. The van der Waals surface area contributed by atoms with Crippen LogP contribution in [0.15, 0.2) is 42.6 Å². The largest absolute Gasteiger partial charge is 0.378 e. The molecule has 4 nitrogen and oxygen atoms in total. The maximum absolute atomic E-state index is 11.1. The Morgan fingerprint density at radius 3 is 2.58 bits per heavy atom. The second kappa shape index (κ2) is 5.52. The molecule has 1 atom stereocenters. The van der Waals surface area contributed by atoms with Crippen LogP contribution in [-0.4, -0.2) is 10.9 Å². The molecule has 0 aliphatic rings. The molecule has 1 aromatic heterocycles. The second-order valence-corrected chi connectivity index (χ2v) is 4.57. The summed E-state index contributed by atoms with van der Waals surface area (Å²) in [5.41, 5.74) is 8.72. The molecule has 19 heavy (non-hydrogen) atoms. The summed E-state index contributed by atoms with van der Waals surface area (Å²) in [7, 11) is 0. The molecule has 0 radical (unpaired) electrons. The van der Waals surface area contributed by atoms with Gasteiger partial charge in [-0.2, -0.15) is 0 Å². The Morgan fingerprint density at radius 2 is 1.95 bits per heavy atom. The van der Waals surface area contributed by atoms with E-state index in [1.807, 2.05) is 6.07 Å². The van der Waals surface area contributed by atoms with Crippen LogP contribution in [0.4, 0.5) is 5.69 Å². The SMILES string of the molecule is Cc1ccc(C(C)Nc2ccnc(C(N)=O)c2)cc1. The van der Waals surface area contributed by atoms with Crippen molar-refractivity contribution in [1.29, 1.82) is 0 Å². The van der Waals surface area contributed by atoms with Crippen molar-refractivity contribution in [1.82, 2.24) is 4.98 Å². The lowest BCUT2D eigenvalue weighted by atomic mass is 10.1. The van der Waals surface area contributed by atoms with Gasteiger partial charge >= 0.3 is 0 Å². The highest BCUT2D eigenvalue weighted by atomic mass is 16.1. The Bertz CT molecular complexity index is 578. The van der Waals surface area contributed by atoms with E-state index in [0.29, 0.717) is 0 Å². The first-order valence-corrected chi connectivity index (χ1v) is 6.15. The van der Waals surface area contributed by atoms with Crippen LogP contribution < -0.4 is 11.1 Å². The van der Waals surface area contributed by atoms with Crippen LogP contribution in [0.5, 0.6) is 0 Å². The number of primary amides is 1. The maximum Gasteiger partial charge on any atom is 0.267 e. The monoisotopic (exact) mass is 255 g/mol. The van der Waals surface area contributed by atoms with Gasteiger partial charge in [0, 0.05) is 17.9 Å². The van der Waals surface area contributed by atoms with Gasteiger partial charge in [0.2, 0.25) is 0 Å². The summed E-state index contributed by atoms with van der Waals surface area (Å²) >= 11 is 0. The van der Waals surface area contributed by atoms with Crippen molar-refractivity contribution >= 4 is 11.6 Å². The van der Waals surface area contributed by atoms with Crippen molar-refractivity contribution in [3.05, 3.63) is 59.4 Å². The molecule has 1 amide bonds. The number of aryl methyl sites for hydroxylation is 1. The fourth-order valence-corrected chi connectivity index (χ4v) is 1.84. The third-order valence-corrected chi connectivity index (χ3v) is 2.97. The lowest BCUT2D eigenvalue weighted by molar-refractivity contribution is 0.0995. The summed E-state index contributed by atoms with van der Waals surface area (Å²) < 4.78 is 0. The minimum absolute atomic E-state index is 0.142. The molecule has 1 heterocycles. The van der Waals surface area contributed by atoms with Crippen LogP contribution >= 0.6 is 0 Å². The molecule has 0 fully saturated rings. The third-order valence-electron chi connectivity index (χ3n) is 2.97. The Kier molecular flexibility index (Phi) is 3.80. The van der Waals surface area contributed by atoms with Crippen LogP contribution in [0.1, 0.15) is 34.6 Å². The molecule has 1 aromatic carbocycles. The number of carbonyl (C=O) groups excluding carboxylic acids is 1. The molecule has 98 valence electrons. The normalized spacial score (nSPS) is 11.9. The summed E-state index contributed by atoms with van der Waals surface area (Å²) in [5.74, 6) is -0.522. The summed E-state index contributed by atoms with van der Waals surface area (Å²) in [6, 6.07) is 11.9. The zero-order valence-electron chi connectivity index (χ0n) is 11.1. The number of amides is 1. The molecule has 2 aromatic rings. The third kappa shape index (κ3) is 3.31. The molecule has 0 aliphatic heterocycles. The first kappa shape index (κ1) is 13.1. The van der Waals surface area contributed by atoms with E-state index in [1.54, 1.807) is 12.3 Å². The molecule has 0 bridgehead atoms. The quantitative estimate of drug-likeness (QED) is 0.882. The maximum atomic E-state index is 11.1. The van der Waals surface area contributed by atoms with E-state index in [1.165, 1.54) is 11.1 Å². The van der Waals surface area contributed by atoms with Gasteiger partial charge in [0.05, 0.1) is 0 Å². The number of hydrogen-bond acceptors (Lipinski definition) is 3. The van der Waals surface area contributed by atoms with E-state index < -0.39 is 5.91 Å². The minimum Gasteiger partial charge on any atom is -0.378 e. The molecular formula is C15H17N3O. The van der Waals surface area contributed by atoms with Crippen molar-refractivity contribution in [3.8, 4) is 0 Å². The second-order valence-electron chi connectivity index (χ2n) is 4.57. The molecule has 3 N–H and O–H groups in total. The van der Waals surface area contributed by atoms with E-state index in [4.69, 9.17) is 5.73 Å². The van der Waals surface area contributed by atoms with Gasteiger partial charge < -0.3 is 11.1 Å². The van der Waals surface area contributed by atoms with Crippen molar-refractivity contribution in [2.75, 3.05) is 5.32 Å². The van der Waals surface area contributed by atoms with Gasteiger partial charge in [-0.3, -0.25) is 9.78 Å². The highest BCUT2D eigenvalue weighted by molar-refractivity contribution is 5.91. The predicted molar refractivity (Wildman–Crippen MR) is 76.0 cm³/mol. The Labute approximate surface area is 112 Å². The summed E-state index contributed by atoms with van der Waals surface area (Å²) in [6.07, 6.45) is 1.57. The topological polar surface area (TPSA) is 68.0 Å². The number of carbonyl (C=O) groups is 1. The summed E-state index contributed by atoms with van der Waals surface area (Å²) in [5, 5.41) is 3.33. The molecule has 0 saturated carbocycles. The van der Waals surface area contributed by atoms with Crippen molar-refractivity contribution in [2.45, 2.75) is 19.9 Å². The lowest BCUT2D eigenvalue weighted by Gasteiger charge is -2.16. The van der Waals surface area contributed by atoms with Gasteiger partial charge in [-0.1, -0.05) is 29.8 Å². The van der Waals surface area contributed by atoms with E-state index in [-0.39, 0.29) is 11.7 Å². The van der Waals surface area contributed by atoms with E-state index in [2.05, 4.69) is 48.4 Å². The molecule has 2 rings (SSSR count). The van der Waals surface area contributed by atoms with Gasteiger partial charge in [0.1, 0.15) is 5.69 Å². The average Bonchev–Trinajstić information content (AvgIpc) is 2.39. The van der Waals surface area contributed by atoms with Gasteiger partial charge in [0.15, 0.2) is 0 Å². The van der Waals surface area contributed by atoms with Crippen LogP contribution in [0.3, 0.4) is 0 Å². The predicted octanol–water partition coefficient (Wildman–Crippen LogP) is 2.66. The number of nitrogens with zero attached hydrogens (tertiary/aromatic N) is 1. The molecule has 0 saturated heterocycles. The molecule has 0 aliphatic carbocycles. The average molecular weight is 255 g/mol. The van der Waals surface area contributed by atoms with Gasteiger partial charge in [-0.25, -0.2) is 0 Å². The standard InChI is InChI=1S/C15H17N3O/c1-10-3-5-12(6-4-10)11(2)18-13-7-8-17-14(9-13)15(16)19/h3-9,11H,1-2H3,(H2,16,19)(H,17,18). The first-order valence-electron chi connectivity index (χ1n) is 6.15. The highest BCUT2D eigenvalue weighted by Crippen LogP contribution is 2.19. The van der Waals surface area contributed by atoms with Crippen molar-refractivity contribution in [3.63, 3.8) is 0 Å². The number of aromatic nitrogens is 1. The zero-order chi connectivity index (χ0) is 13.8. The molecule has 1 unspecified atom stereocenters. The molecular weight excluding hydrogens is 238 g/mol. The van der Waals surface area contributed by atoms with Crippen LogP contribution in [0, 0.1) is 6.92 Å². The fraction of sp³-hybridized carbons (Fsp3) is 0.200. The zero-order valence-corrected chi connectivity index (χ0v) is 11.1. The van der Waals surface area contributed by atoms with Gasteiger partial charge in [-0.05, 0) is 31.5 Å². The Balaban J connectivity index is 2.14. The van der Waals surface area contributed by atoms with Crippen molar-refractivity contribution in [2.24, 2.45) is 5.73 Å². The number of rotatable bonds is 4. The lowest BCUT2D eigenvalue weighted by Crippen LogP contribution is -2.14. The smallest absolute Gasteiger partial charge is 0.267 e. The summed E-state index contributed by atoms with van der Waals surface area (Å²) in [6.45, 7) is 4.12. The Morgan fingerprint density at radius 1 is 1.26 bits per heavy atom. The number of nitrogens with one attached hydrogen (secondary N) is 1. The van der Waals surface area contributed by atoms with Crippen LogP contribution in [-0.2, 0) is 0 Å². The first-order chi connectivity index (χ1) is 9.06. The van der Waals surface area contributed by atoms with Gasteiger partial charge in [0.25, 0.3) is 5.91 Å². The minimum atomic E-state index is -0.522. The van der Waals surface area contributed by atoms with Crippen LogP contribution in [0.25, 0.3) is 0 Å². The number of benzene rings is 1. The van der Waals surface area contributed by atoms with E-state index in [0.717, 1.165) is 5.69 Å². The number of nitrogens with two attached hydrogens (primary N) is 1. The van der Waals surface area contributed by atoms with E-state index >= 15 is 0 Å².